The van der Waals surface area contributed by atoms with Crippen molar-refractivity contribution in [2.75, 3.05) is 13.1 Å². The number of fused-ring (bicyclic) bond motifs is 1. The number of allylic oxidation sites excluding steroid dienone is 1. The van der Waals surface area contributed by atoms with Crippen molar-refractivity contribution in [3.63, 3.8) is 0 Å². The van der Waals surface area contributed by atoms with E-state index in [1.165, 1.54) is 0 Å². The normalized spacial score (nSPS) is 21.0. The highest BCUT2D eigenvalue weighted by Gasteiger charge is 2.38. The molecule has 0 atom stereocenters. The number of hydrogen-bond donors (Lipinski definition) is 0. The molecule has 0 radical (unpaired) electrons. The summed E-state index contributed by atoms with van der Waals surface area (Å²) in [6.45, 7) is 0.244. The highest BCUT2D eigenvalue weighted by molar-refractivity contribution is 6.09. The molecule has 0 N–H and O–H groups in total. The third-order valence-electron chi connectivity index (χ3n) is 3.91. The molecule has 3 rings (SSSR count). The molecule has 0 spiro atoms. The van der Waals surface area contributed by atoms with Gasteiger partial charge in [-0.1, -0.05) is 6.07 Å². The fraction of sp³-hybridized carbons (Fsp3) is 0.400. The van der Waals surface area contributed by atoms with Gasteiger partial charge in [0.1, 0.15) is 11.6 Å². The molecule has 0 bridgehead atoms. The summed E-state index contributed by atoms with van der Waals surface area (Å²) in [6, 6.07) is 5.44. The molecule has 1 aliphatic heterocycles. The maximum absolute atomic E-state index is 13.3. The number of ketones is 1. The molecule has 21 heavy (non-hydrogen) atoms. The molecule has 0 saturated carbocycles. The van der Waals surface area contributed by atoms with Crippen LogP contribution >= 0.6 is 0 Å². The van der Waals surface area contributed by atoms with Crippen molar-refractivity contribution in [2.45, 2.75) is 25.2 Å². The highest BCUT2D eigenvalue weighted by Crippen LogP contribution is 2.35. The lowest BCUT2D eigenvalue weighted by Crippen LogP contribution is -2.40. The molecule has 0 unspecified atom stereocenters. The topological polar surface area (TPSA) is 57.0 Å². The first-order valence-corrected chi connectivity index (χ1v) is 6.76. The molecular formula is C15H13F2N3O. The first-order chi connectivity index (χ1) is 10.0. The minimum absolute atomic E-state index is 0.0337. The van der Waals surface area contributed by atoms with E-state index in [1.807, 2.05) is 6.07 Å². The van der Waals surface area contributed by atoms with Gasteiger partial charge in [-0.05, 0) is 11.6 Å². The minimum atomic E-state index is -2.67. The summed E-state index contributed by atoms with van der Waals surface area (Å²) in [5, 5.41) is 9.26. The van der Waals surface area contributed by atoms with Crippen molar-refractivity contribution in [3.8, 4) is 6.07 Å². The number of nitriles is 1. The lowest BCUT2D eigenvalue weighted by Gasteiger charge is -2.36. The second-order valence-electron chi connectivity index (χ2n) is 5.29. The third kappa shape index (κ3) is 2.40. The van der Waals surface area contributed by atoms with E-state index in [1.54, 1.807) is 23.2 Å². The monoisotopic (exact) mass is 289 g/mol. The molecular weight excluding hydrogens is 276 g/mol. The zero-order chi connectivity index (χ0) is 15.0. The number of pyridine rings is 1. The fourth-order valence-electron chi connectivity index (χ4n) is 2.79. The van der Waals surface area contributed by atoms with Gasteiger partial charge in [0.15, 0.2) is 5.78 Å². The molecule has 1 aromatic heterocycles. The number of hydrogen-bond acceptors (Lipinski definition) is 4. The van der Waals surface area contributed by atoms with Gasteiger partial charge in [-0.3, -0.25) is 9.78 Å². The Morgan fingerprint density at radius 2 is 2.05 bits per heavy atom. The number of likely N-dealkylation sites (tertiary alicyclic amines) is 1. The Morgan fingerprint density at radius 3 is 2.71 bits per heavy atom. The van der Waals surface area contributed by atoms with Crippen LogP contribution in [0.15, 0.2) is 23.9 Å². The molecule has 1 aliphatic carbocycles. The Balaban J connectivity index is 2.05. The van der Waals surface area contributed by atoms with Crippen molar-refractivity contribution in [3.05, 3.63) is 35.2 Å². The van der Waals surface area contributed by atoms with Crippen LogP contribution < -0.4 is 0 Å². The predicted octanol–water partition coefficient (Wildman–Crippen LogP) is 2.17. The van der Waals surface area contributed by atoms with Crippen molar-refractivity contribution < 1.29 is 13.6 Å². The smallest absolute Gasteiger partial charge is 0.251 e. The molecule has 0 amide bonds. The number of halogens is 2. The van der Waals surface area contributed by atoms with Gasteiger partial charge in [0, 0.05) is 38.5 Å². The van der Waals surface area contributed by atoms with Crippen LogP contribution in [0, 0.1) is 11.3 Å². The molecule has 4 nitrogen and oxygen atoms in total. The lowest BCUT2D eigenvalue weighted by atomic mass is 9.90. The van der Waals surface area contributed by atoms with Crippen LogP contribution in [0.3, 0.4) is 0 Å². The second-order valence-corrected chi connectivity index (χ2v) is 5.29. The Labute approximate surface area is 120 Å². The van der Waals surface area contributed by atoms with E-state index in [0.29, 0.717) is 11.4 Å². The molecule has 1 aromatic rings. The largest absolute Gasteiger partial charge is 0.368 e. The summed E-state index contributed by atoms with van der Waals surface area (Å²) >= 11 is 0. The van der Waals surface area contributed by atoms with Gasteiger partial charge in [-0.2, -0.15) is 5.26 Å². The van der Waals surface area contributed by atoms with Crippen molar-refractivity contribution in [1.29, 1.82) is 5.26 Å². The number of carbonyl (C=O) groups is 1. The van der Waals surface area contributed by atoms with E-state index in [4.69, 9.17) is 0 Å². The lowest BCUT2D eigenvalue weighted by molar-refractivity contribution is -0.114. The van der Waals surface area contributed by atoms with Crippen molar-refractivity contribution >= 4 is 11.5 Å². The second kappa shape index (κ2) is 4.92. The van der Waals surface area contributed by atoms with E-state index in [-0.39, 0.29) is 43.7 Å². The Bertz CT molecular complexity index is 666. The van der Waals surface area contributed by atoms with Crippen LogP contribution in [0.5, 0.6) is 0 Å². The van der Waals surface area contributed by atoms with Gasteiger partial charge >= 0.3 is 0 Å². The molecule has 1 fully saturated rings. The number of Topliss-reactive ketones (excluding diaryl/α,β-unsaturated/α-hetero) is 1. The number of piperidine rings is 1. The highest BCUT2D eigenvalue weighted by atomic mass is 19.3. The summed E-state index contributed by atoms with van der Waals surface area (Å²) in [5.41, 5.74) is 1.76. The standard InChI is InChI=1S/C15H13F2N3O/c16-15(17)3-6-20(7-4-15)14-11(9-18)12(21)8-10-2-1-5-19-13(10)14/h1-2,5H,3-4,6-8H2. The van der Waals surface area contributed by atoms with E-state index < -0.39 is 5.92 Å². The van der Waals surface area contributed by atoms with Crippen LogP contribution in [-0.4, -0.2) is 34.7 Å². The quantitative estimate of drug-likeness (QED) is 0.795. The average Bonchev–Trinajstić information content (AvgIpc) is 2.46. The van der Waals surface area contributed by atoms with Gasteiger partial charge in [0.05, 0.1) is 11.4 Å². The van der Waals surface area contributed by atoms with E-state index >= 15 is 0 Å². The Morgan fingerprint density at radius 1 is 1.33 bits per heavy atom. The fourth-order valence-corrected chi connectivity index (χ4v) is 2.79. The summed E-state index contributed by atoms with van der Waals surface area (Å²) in [6.07, 6.45) is 1.18. The zero-order valence-electron chi connectivity index (χ0n) is 11.3. The van der Waals surface area contributed by atoms with Crippen LogP contribution in [0.4, 0.5) is 8.78 Å². The summed E-state index contributed by atoms with van der Waals surface area (Å²) < 4.78 is 26.6. The van der Waals surface area contributed by atoms with Crippen LogP contribution in [0.25, 0.3) is 5.70 Å². The van der Waals surface area contributed by atoms with Gasteiger partial charge < -0.3 is 4.90 Å². The minimum Gasteiger partial charge on any atom is -0.368 e. The van der Waals surface area contributed by atoms with E-state index in [0.717, 1.165) is 5.56 Å². The number of alkyl halides is 2. The summed E-state index contributed by atoms with van der Waals surface area (Å²) in [5.74, 6) is -2.94. The number of nitrogens with zero attached hydrogens (tertiary/aromatic N) is 3. The Kier molecular flexibility index (Phi) is 3.20. The SMILES string of the molecule is N#CC1=C(N2CCC(F)(F)CC2)c2ncccc2CC1=O. The first-order valence-electron chi connectivity index (χ1n) is 6.76. The molecule has 2 aliphatic rings. The van der Waals surface area contributed by atoms with E-state index in [9.17, 15) is 18.8 Å². The van der Waals surface area contributed by atoms with Gasteiger partial charge in [0.25, 0.3) is 5.92 Å². The molecule has 2 heterocycles. The van der Waals surface area contributed by atoms with Crippen molar-refractivity contribution in [1.82, 2.24) is 9.88 Å². The van der Waals surface area contributed by atoms with Gasteiger partial charge in [-0.25, -0.2) is 8.78 Å². The number of aromatic nitrogens is 1. The summed E-state index contributed by atoms with van der Waals surface area (Å²) in [4.78, 5) is 18.0. The zero-order valence-corrected chi connectivity index (χ0v) is 11.3. The molecule has 1 saturated heterocycles. The summed E-state index contributed by atoms with van der Waals surface area (Å²) in [7, 11) is 0. The molecule has 108 valence electrons. The number of carbonyl (C=O) groups excluding carboxylic acids is 1. The van der Waals surface area contributed by atoms with Crippen LogP contribution in [0.2, 0.25) is 0 Å². The maximum atomic E-state index is 13.3. The maximum Gasteiger partial charge on any atom is 0.251 e. The van der Waals surface area contributed by atoms with E-state index in [2.05, 4.69) is 4.98 Å². The van der Waals surface area contributed by atoms with Gasteiger partial charge in [-0.15, -0.1) is 0 Å². The number of rotatable bonds is 1. The van der Waals surface area contributed by atoms with Gasteiger partial charge in [0.2, 0.25) is 0 Å². The average molecular weight is 289 g/mol. The molecule has 6 heteroatoms. The molecule has 0 aromatic carbocycles. The predicted molar refractivity (Wildman–Crippen MR) is 71.2 cm³/mol. The van der Waals surface area contributed by atoms with Crippen LogP contribution in [-0.2, 0) is 11.2 Å². The van der Waals surface area contributed by atoms with Crippen molar-refractivity contribution in [2.24, 2.45) is 0 Å². The van der Waals surface area contributed by atoms with Crippen LogP contribution in [0.1, 0.15) is 24.1 Å². The third-order valence-corrected chi connectivity index (χ3v) is 3.91. The first kappa shape index (κ1) is 13.7. The Hall–Kier alpha value is -2.29.